The molecule has 2 amide bonds. The molecule has 0 saturated heterocycles. The zero-order chi connectivity index (χ0) is 11.8. The van der Waals surface area contributed by atoms with E-state index in [-0.39, 0.29) is 6.03 Å². The van der Waals surface area contributed by atoms with Crippen LogP contribution in [0, 0.1) is 0 Å². The number of rotatable bonds is 5. The number of ether oxygens (including phenoxy) is 1. The number of hydrogen-bond acceptors (Lipinski definition) is 2. The van der Waals surface area contributed by atoms with Gasteiger partial charge < -0.3 is 15.4 Å². The van der Waals surface area contributed by atoms with Crippen molar-refractivity contribution in [2.75, 3.05) is 13.7 Å². The molecule has 4 nitrogen and oxygen atoms in total. The molecule has 0 heterocycles. The first kappa shape index (κ1) is 12.4. The molecule has 1 rings (SSSR count). The summed E-state index contributed by atoms with van der Waals surface area (Å²) in [5.74, 6) is 0.819. The van der Waals surface area contributed by atoms with Crippen molar-refractivity contribution in [1.29, 1.82) is 0 Å². The van der Waals surface area contributed by atoms with Crippen LogP contribution in [0.4, 0.5) is 4.79 Å². The first-order valence-corrected chi connectivity index (χ1v) is 5.41. The van der Waals surface area contributed by atoms with E-state index in [0.717, 1.165) is 17.7 Å². The summed E-state index contributed by atoms with van der Waals surface area (Å²) in [4.78, 5) is 11.3. The van der Waals surface area contributed by atoms with Gasteiger partial charge in [-0.2, -0.15) is 0 Å². The van der Waals surface area contributed by atoms with Gasteiger partial charge >= 0.3 is 6.03 Å². The number of urea groups is 1. The molecule has 0 atom stereocenters. The summed E-state index contributed by atoms with van der Waals surface area (Å²) < 4.78 is 5.05. The van der Waals surface area contributed by atoms with E-state index in [1.54, 1.807) is 7.11 Å². The van der Waals surface area contributed by atoms with Crippen molar-refractivity contribution in [3.05, 3.63) is 29.8 Å². The molecular weight excluding hydrogens is 204 g/mol. The summed E-state index contributed by atoms with van der Waals surface area (Å²) in [6, 6.07) is 7.48. The van der Waals surface area contributed by atoms with Crippen molar-refractivity contribution in [3.8, 4) is 5.75 Å². The number of amides is 2. The van der Waals surface area contributed by atoms with Gasteiger partial charge in [-0.15, -0.1) is 0 Å². The maximum atomic E-state index is 11.3. The summed E-state index contributed by atoms with van der Waals surface area (Å²) in [6.45, 7) is 3.25. The van der Waals surface area contributed by atoms with Gasteiger partial charge in [0.05, 0.1) is 7.11 Å². The van der Waals surface area contributed by atoms with Crippen LogP contribution in [0.15, 0.2) is 24.3 Å². The van der Waals surface area contributed by atoms with Crippen molar-refractivity contribution in [3.63, 3.8) is 0 Å². The molecule has 88 valence electrons. The highest BCUT2D eigenvalue weighted by atomic mass is 16.5. The third-order valence-corrected chi connectivity index (χ3v) is 2.15. The summed E-state index contributed by atoms with van der Waals surface area (Å²) in [6.07, 6.45) is 0.940. The molecule has 0 unspecified atom stereocenters. The van der Waals surface area contributed by atoms with Crippen LogP contribution >= 0.6 is 0 Å². The quantitative estimate of drug-likeness (QED) is 0.799. The summed E-state index contributed by atoms with van der Waals surface area (Å²) in [5.41, 5.74) is 1.05. The van der Waals surface area contributed by atoms with Crippen LogP contribution in [-0.2, 0) is 6.54 Å². The molecule has 16 heavy (non-hydrogen) atoms. The Bertz CT molecular complexity index is 322. The van der Waals surface area contributed by atoms with Crippen LogP contribution in [-0.4, -0.2) is 19.7 Å². The Morgan fingerprint density at radius 3 is 2.50 bits per heavy atom. The Balaban J connectivity index is 2.33. The molecule has 2 N–H and O–H groups in total. The van der Waals surface area contributed by atoms with Gasteiger partial charge in [0, 0.05) is 13.1 Å². The van der Waals surface area contributed by atoms with Gasteiger partial charge in [0.15, 0.2) is 0 Å². The zero-order valence-corrected chi connectivity index (χ0v) is 9.75. The molecule has 0 fully saturated rings. The Labute approximate surface area is 96.0 Å². The van der Waals surface area contributed by atoms with Crippen LogP contribution in [0.25, 0.3) is 0 Å². The molecule has 0 aliphatic carbocycles. The van der Waals surface area contributed by atoms with Crippen molar-refractivity contribution < 1.29 is 9.53 Å². The van der Waals surface area contributed by atoms with E-state index in [1.807, 2.05) is 31.2 Å². The van der Waals surface area contributed by atoms with E-state index < -0.39 is 0 Å². The number of hydrogen-bond donors (Lipinski definition) is 2. The number of benzene rings is 1. The SMILES string of the molecule is CCCNC(=O)NCc1ccc(OC)cc1. The van der Waals surface area contributed by atoms with E-state index in [4.69, 9.17) is 4.74 Å². The van der Waals surface area contributed by atoms with Gasteiger partial charge in [0.1, 0.15) is 5.75 Å². The maximum Gasteiger partial charge on any atom is 0.315 e. The highest BCUT2D eigenvalue weighted by Crippen LogP contribution is 2.10. The monoisotopic (exact) mass is 222 g/mol. The summed E-state index contributed by atoms with van der Waals surface area (Å²) in [5, 5.41) is 5.53. The first-order valence-electron chi connectivity index (χ1n) is 5.41. The Morgan fingerprint density at radius 1 is 1.25 bits per heavy atom. The minimum absolute atomic E-state index is 0.127. The van der Waals surface area contributed by atoms with Crippen molar-refractivity contribution >= 4 is 6.03 Å². The lowest BCUT2D eigenvalue weighted by atomic mass is 10.2. The smallest absolute Gasteiger partial charge is 0.315 e. The van der Waals surface area contributed by atoms with Crippen LogP contribution < -0.4 is 15.4 Å². The molecule has 0 saturated carbocycles. The molecule has 4 heteroatoms. The second-order valence-corrected chi connectivity index (χ2v) is 3.46. The third kappa shape index (κ3) is 4.21. The molecular formula is C12H18N2O2. The van der Waals surface area contributed by atoms with Gasteiger partial charge in [-0.3, -0.25) is 0 Å². The number of nitrogens with one attached hydrogen (secondary N) is 2. The van der Waals surface area contributed by atoms with Crippen molar-refractivity contribution in [2.24, 2.45) is 0 Å². The van der Waals surface area contributed by atoms with Crippen LogP contribution in [0.3, 0.4) is 0 Å². The molecule has 1 aromatic carbocycles. The maximum absolute atomic E-state index is 11.3. The van der Waals surface area contributed by atoms with E-state index in [2.05, 4.69) is 10.6 Å². The predicted molar refractivity (Wildman–Crippen MR) is 63.5 cm³/mol. The van der Waals surface area contributed by atoms with E-state index in [9.17, 15) is 4.79 Å². The Morgan fingerprint density at radius 2 is 1.94 bits per heavy atom. The minimum atomic E-state index is -0.127. The summed E-state index contributed by atoms with van der Waals surface area (Å²) >= 11 is 0. The van der Waals surface area contributed by atoms with Gasteiger partial charge in [0.2, 0.25) is 0 Å². The van der Waals surface area contributed by atoms with E-state index >= 15 is 0 Å². The molecule has 0 aliphatic rings. The predicted octanol–water partition coefficient (Wildman–Crippen LogP) is 1.90. The van der Waals surface area contributed by atoms with E-state index in [0.29, 0.717) is 13.1 Å². The first-order chi connectivity index (χ1) is 7.76. The van der Waals surface area contributed by atoms with Gasteiger partial charge in [-0.05, 0) is 24.1 Å². The molecule has 0 radical (unpaired) electrons. The highest BCUT2D eigenvalue weighted by Gasteiger charge is 1.99. The minimum Gasteiger partial charge on any atom is -0.497 e. The Kier molecular flexibility index (Phi) is 5.19. The van der Waals surface area contributed by atoms with Crippen LogP contribution in [0.5, 0.6) is 5.75 Å². The van der Waals surface area contributed by atoms with Gasteiger partial charge in [0.25, 0.3) is 0 Å². The Hall–Kier alpha value is -1.71. The van der Waals surface area contributed by atoms with Gasteiger partial charge in [-0.1, -0.05) is 19.1 Å². The normalized spacial score (nSPS) is 9.62. The summed E-state index contributed by atoms with van der Waals surface area (Å²) in [7, 11) is 1.63. The molecule has 0 aromatic heterocycles. The van der Waals surface area contributed by atoms with Crippen LogP contribution in [0.2, 0.25) is 0 Å². The second kappa shape index (κ2) is 6.71. The lowest BCUT2D eigenvalue weighted by Crippen LogP contribution is -2.35. The average molecular weight is 222 g/mol. The standard InChI is InChI=1S/C12H18N2O2/c1-3-8-13-12(15)14-9-10-4-6-11(16-2)7-5-10/h4-7H,3,8-9H2,1-2H3,(H2,13,14,15). The third-order valence-electron chi connectivity index (χ3n) is 2.15. The number of methoxy groups -OCH3 is 1. The zero-order valence-electron chi connectivity index (χ0n) is 9.75. The average Bonchev–Trinajstić information content (AvgIpc) is 2.34. The largest absolute Gasteiger partial charge is 0.497 e. The fourth-order valence-corrected chi connectivity index (χ4v) is 1.23. The van der Waals surface area contributed by atoms with Crippen molar-refractivity contribution in [1.82, 2.24) is 10.6 Å². The van der Waals surface area contributed by atoms with Gasteiger partial charge in [-0.25, -0.2) is 4.79 Å². The molecule has 0 spiro atoms. The van der Waals surface area contributed by atoms with Crippen LogP contribution in [0.1, 0.15) is 18.9 Å². The second-order valence-electron chi connectivity index (χ2n) is 3.46. The molecule has 1 aromatic rings. The fourth-order valence-electron chi connectivity index (χ4n) is 1.23. The van der Waals surface area contributed by atoms with E-state index in [1.165, 1.54) is 0 Å². The fraction of sp³-hybridized carbons (Fsp3) is 0.417. The molecule has 0 aliphatic heterocycles. The topological polar surface area (TPSA) is 50.4 Å². The lowest BCUT2D eigenvalue weighted by molar-refractivity contribution is 0.240. The van der Waals surface area contributed by atoms with Crippen molar-refractivity contribution in [2.45, 2.75) is 19.9 Å². The molecule has 0 bridgehead atoms. The lowest BCUT2D eigenvalue weighted by Gasteiger charge is -2.07. The highest BCUT2D eigenvalue weighted by molar-refractivity contribution is 5.73. The number of carbonyl (C=O) groups is 1. The number of carbonyl (C=O) groups excluding carboxylic acids is 1.